The van der Waals surface area contributed by atoms with Crippen molar-refractivity contribution in [1.82, 2.24) is 0 Å². The molecule has 0 unspecified atom stereocenters. The summed E-state index contributed by atoms with van der Waals surface area (Å²) in [4.78, 5) is 0. The van der Waals surface area contributed by atoms with Crippen LogP contribution in [0.3, 0.4) is 0 Å². The fourth-order valence-corrected chi connectivity index (χ4v) is 2.73. The lowest BCUT2D eigenvalue weighted by atomic mass is 10.2. The number of sulfonamides is 1. The summed E-state index contributed by atoms with van der Waals surface area (Å²) in [7, 11) is -3.34. The summed E-state index contributed by atoms with van der Waals surface area (Å²) in [5.41, 5.74) is 1.52. The van der Waals surface area contributed by atoms with E-state index in [9.17, 15) is 8.42 Å². The zero-order valence-electron chi connectivity index (χ0n) is 9.65. The van der Waals surface area contributed by atoms with Crippen molar-refractivity contribution in [2.75, 3.05) is 23.7 Å². The van der Waals surface area contributed by atoms with Crippen LogP contribution in [0.1, 0.15) is 12.5 Å². The molecule has 96 valence electrons. The first-order chi connectivity index (χ1) is 8.09. The molecule has 17 heavy (non-hydrogen) atoms. The van der Waals surface area contributed by atoms with Gasteiger partial charge in [0, 0.05) is 11.9 Å². The van der Waals surface area contributed by atoms with Gasteiger partial charge in [-0.15, -0.1) is 0 Å². The maximum Gasteiger partial charge on any atom is 0.235 e. The molecule has 0 bridgehead atoms. The second kappa shape index (κ2) is 6.98. The third-order valence-corrected chi connectivity index (χ3v) is 3.97. The van der Waals surface area contributed by atoms with Crippen LogP contribution < -0.4 is 4.72 Å². The maximum atomic E-state index is 11.7. The topological polar surface area (TPSA) is 55.4 Å². The van der Waals surface area contributed by atoms with E-state index in [1.165, 1.54) is 0 Å². The summed E-state index contributed by atoms with van der Waals surface area (Å²) in [6.45, 7) is 2.57. The number of rotatable bonds is 7. The highest BCUT2D eigenvalue weighted by Gasteiger charge is 2.11. The predicted octanol–water partition coefficient (Wildman–Crippen LogP) is 2.36. The van der Waals surface area contributed by atoms with Crippen molar-refractivity contribution >= 4 is 31.6 Å². The molecular weight excluding hydrogens is 306 g/mol. The molecule has 0 aliphatic heterocycles. The Hall–Kier alpha value is -0.590. The van der Waals surface area contributed by atoms with Gasteiger partial charge in [-0.05, 0) is 18.6 Å². The Kier molecular flexibility index (Phi) is 5.94. The largest absolute Gasteiger partial charge is 0.381 e. The molecule has 0 aromatic heterocycles. The highest BCUT2D eigenvalue weighted by Crippen LogP contribution is 2.19. The molecule has 0 fully saturated rings. The van der Waals surface area contributed by atoms with Crippen LogP contribution in [0.5, 0.6) is 0 Å². The fourth-order valence-electron chi connectivity index (χ4n) is 1.27. The molecule has 1 aromatic carbocycles. The quantitative estimate of drug-likeness (QED) is 0.619. The standard InChI is InChI=1S/C11H16BrNO3S/c1-2-16-7-8-17(14,15)13-11-6-4-3-5-10(11)9-12/h3-6,13H,2,7-9H2,1H3. The Labute approximate surface area is 111 Å². The van der Waals surface area contributed by atoms with Gasteiger partial charge in [-0.25, -0.2) is 8.42 Å². The number of ether oxygens (including phenoxy) is 1. The first-order valence-corrected chi connectivity index (χ1v) is 8.08. The first-order valence-electron chi connectivity index (χ1n) is 5.31. The van der Waals surface area contributed by atoms with Crippen molar-refractivity contribution < 1.29 is 13.2 Å². The van der Waals surface area contributed by atoms with E-state index in [-0.39, 0.29) is 12.4 Å². The summed E-state index contributed by atoms with van der Waals surface area (Å²) < 4.78 is 31.1. The molecule has 0 amide bonds. The second-order valence-electron chi connectivity index (χ2n) is 3.41. The minimum atomic E-state index is -3.34. The van der Waals surface area contributed by atoms with E-state index in [2.05, 4.69) is 20.7 Å². The molecule has 1 aromatic rings. The number of benzene rings is 1. The minimum absolute atomic E-state index is 0.0303. The number of hydrogen-bond donors (Lipinski definition) is 1. The van der Waals surface area contributed by atoms with Gasteiger partial charge < -0.3 is 4.74 Å². The summed E-state index contributed by atoms with van der Waals surface area (Å²) in [6, 6.07) is 7.28. The Bertz CT molecular complexity index is 448. The highest BCUT2D eigenvalue weighted by molar-refractivity contribution is 9.08. The number of hydrogen-bond acceptors (Lipinski definition) is 3. The molecule has 0 saturated heterocycles. The van der Waals surface area contributed by atoms with Crippen LogP contribution in [0, 0.1) is 0 Å². The van der Waals surface area contributed by atoms with Crippen molar-refractivity contribution in [1.29, 1.82) is 0 Å². The number of nitrogens with one attached hydrogen (secondary N) is 1. The summed E-state index contributed by atoms with van der Waals surface area (Å²) in [5, 5.41) is 0.608. The normalized spacial score (nSPS) is 11.4. The van der Waals surface area contributed by atoms with Crippen molar-refractivity contribution in [3.8, 4) is 0 Å². The molecule has 0 atom stereocenters. The number of anilines is 1. The number of para-hydroxylation sites is 1. The predicted molar refractivity (Wildman–Crippen MR) is 73.0 cm³/mol. The average Bonchev–Trinajstić information content (AvgIpc) is 2.29. The fraction of sp³-hybridized carbons (Fsp3) is 0.455. The van der Waals surface area contributed by atoms with Crippen molar-refractivity contribution in [2.24, 2.45) is 0 Å². The molecule has 4 nitrogen and oxygen atoms in total. The Balaban J connectivity index is 2.69. The van der Waals surface area contributed by atoms with Gasteiger partial charge in [0.2, 0.25) is 10.0 Å². The van der Waals surface area contributed by atoms with Crippen LogP contribution in [0.4, 0.5) is 5.69 Å². The van der Waals surface area contributed by atoms with Crippen LogP contribution in [0.25, 0.3) is 0 Å². The van der Waals surface area contributed by atoms with Gasteiger partial charge in [-0.2, -0.15) is 0 Å². The van der Waals surface area contributed by atoms with Crippen LogP contribution in [-0.4, -0.2) is 27.4 Å². The summed E-state index contributed by atoms with van der Waals surface area (Å²) in [5.74, 6) is -0.0303. The molecular formula is C11H16BrNO3S. The van der Waals surface area contributed by atoms with Gasteiger partial charge in [0.1, 0.15) is 0 Å². The number of alkyl halides is 1. The molecule has 0 aliphatic carbocycles. The lowest BCUT2D eigenvalue weighted by molar-refractivity contribution is 0.163. The summed E-state index contributed by atoms with van der Waals surface area (Å²) >= 11 is 3.32. The molecule has 6 heteroatoms. The average molecular weight is 322 g/mol. The SMILES string of the molecule is CCOCCS(=O)(=O)Nc1ccccc1CBr. The van der Waals surface area contributed by atoms with E-state index in [1.54, 1.807) is 12.1 Å². The summed E-state index contributed by atoms with van der Waals surface area (Å²) in [6.07, 6.45) is 0. The van der Waals surface area contributed by atoms with E-state index in [4.69, 9.17) is 4.74 Å². The molecule has 0 spiro atoms. The van der Waals surface area contributed by atoms with E-state index in [1.807, 2.05) is 19.1 Å². The maximum absolute atomic E-state index is 11.7. The van der Waals surface area contributed by atoms with Gasteiger partial charge in [0.15, 0.2) is 0 Å². The lowest BCUT2D eigenvalue weighted by Crippen LogP contribution is -2.20. The van der Waals surface area contributed by atoms with Crippen LogP contribution in [0.15, 0.2) is 24.3 Å². The molecule has 0 aliphatic rings. The molecule has 0 heterocycles. The molecule has 1 N–H and O–H groups in total. The van der Waals surface area contributed by atoms with E-state index in [0.717, 1.165) is 5.56 Å². The number of halogens is 1. The highest BCUT2D eigenvalue weighted by atomic mass is 79.9. The van der Waals surface area contributed by atoms with E-state index in [0.29, 0.717) is 17.6 Å². The Morgan fingerprint density at radius 1 is 1.35 bits per heavy atom. The Morgan fingerprint density at radius 3 is 2.71 bits per heavy atom. The first kappa shape index (κ1) is 14.5. The van der Waals surface area contributed by atoms with Gasteiger partial charge in [0.05, 0.1) is 18.0 Å². The van der Waals surface area contributed by atoms with Gasteiger partial charge in [0.25, 0.3) is 0 Å². The van der Waals surface area contributed by atoms with Crippen molar-refractivity contribution in [3.63, 3.8) is 0 Å². The van der Waals surface area contributed by atoms with Crippen LogP contribution >= 0.6 is 15.9 Å². The third-order valence-electron chi connectivity index (χ3n) is 2.13. The van der Waals surface area contributed by atoms with E-state index >= 15 is 0 Å². The van der Waals surface area contributed by atoms with Gasteiger partial charge in [-0.3, -0.25) is 4.72 Å². The smallest absolute Gasteiger partial charge is 0.235 e. The monoisotopic (exact) mass is 321 g/mol. The molecule has 0 saturated carbocycles. The molecule has 0 radical (unpaired) electrons. The van der Waals surface area contributed by atoms with Crippen LogP contribution in [-0.2, 0) is 20.1 Å². The lowest BCUT2D eigenvalue weighted by Gasteiger charge is -2.11. The zero-order valence-corrected chi connectivity index (χ0v) is 12.1. The van der Waals surface area contributed by atoms with Crippen molar-refractivity contribution in [2.45, 2.75) is 12.3 Å². The third kappa shape index (κ3) is 5.06. The zero-order chi connectivity index (χ0) is 12.7. The van der Waals surface area contributed by atoms with Gasteiger partial charge in [-0.1, -0.05) is 34.1 Å². The van der Waals surface area contributed by atoms with E-state index < -0.39 is 10.0 Å². The Morgan fingerprint density at radius 2 is 2.06 bits per heavy atom. The second-order valence-corrected chi connectivity index (χ2v) is 5.81. The molecule has 1 rings (SSSR count). The minimum Gasteiger partial charge on any atom is -0.381 e. The van der Waals surface area contributed by atoms with Crippen molar-refractivity contribution in [3.05, 3.63) is 29.8 Å². The van der Waals surface area contributed by atoms with Crippen LogP contribution in [0.2, 0.25) is 0 Å². The van der Waals surface area contributed by atoms with Gasteiger partial charge >= 0.3 is 0 Å².